The van der Waals surface area contributed by atoms with Gasteiger partial charge in [-0.25, -0.2) is 4.68 Å². The monoisotopic (exact) mass is 679 g/mol. The van der Waals surface area contributed by atoms with E-state index >= 15 is 0 Å². The van der Waals surface area contributed by atoms with Crippen molar-refractivity contribution in [3.8, 4) is 12.3 Å². The van der Waals surface area contributed by atoms with Crippen molar-refractivity contribution >= 4 is 40.1 Å². The first-order valence-electron chi connectivity index (χ1n) is 15.1. The summed E-state index contributed by atoms with van der Waals surface area (Å²) in [5, 5.41) is 15.9. The van der Waals surface area contributed by atoms with Gasteiger partial charge in [0.1, 0.15) is 30.7 Å². The lowest BCUT2D eigenvalue weighted by Crippen LogP contribution is -2.31. The number of ether oxygens (including phenoxy) is 7. The molecule has 2 aromatic heterocycles. The number of fused-ring (bicyclic) bond motifs is 2. The number of aliphatic hydroxyl groups excluding tert-OH is 1. The third kappa shape index (κ3) is 8.64. The van der Waals surface area contributed by atoms with Gasteiger partial charge in [0.25, 0.3) is 0 Å². The minimum Gasteiger partial charge on any atom is -0.394 e. The predicted octanol–water partition coefficient (Wildman–Crippen LogP) is 3.25. The van der Waals surface area contributed by atoms with E-state index in [2.05, 4.69) is 21.0 Å². The lowest BCUT2D eigenvalue weighted by atomic mass is 10.1. The molecule has 13 nitrogen and oxygen atoms in total. The van der Waals surface area contributed by atoms with Crippen LogP contribution in [0.15, 0.2) is 30.5 Å². The molecule has 4 heterocycles. The maximum Gasteiger partial charge on any atom is 0.226 e. The van der Waals surface area contributed by atoms with Gasteiger partial charge in [0.15, 0.2) is 17.7 Å². The van der Waals surface area contributed by atoms with Crippen LogP contribution in [-0.4, -0.2) is 115 Å². The zero-order valence-corrected chi connectivity index (χ0v) is 27.4. The molecule has 2 fully saturated rings. The Labute approximate surface area is 277 Å². The Balaban J connectivity index is 1.26. The number of aromatic nitrogens is 4. The number of rotatable bonds is 18. The Hall–Kier alpha value is -2.61. The van der Waals surface area contributed by atoms with Gasteiger partial charge in [-0.05, 0) is 37.1 Å². The number of aliphatic hydroxyl groups is 1. The summed E-state index contributed by atoms with van der Waals surface area (Å²) in [7, 11) is 0. The Bertz CT molecular complexity index is 1470. The Morgan fingerprint density at radius 3 is 2.35 bits per heavy atom. The fourth-order valence-corrected chi connectivity index (χ4v) is 5.73. The zero-order chi connectivity index (χ0) is 32.5. The first-order valence-corrected chi connectivity index (χ1v) is 15.8. The van der Waals surface area contributed by atoms with Crippen molar-refractivity contribution in [3.05, 3.63) is 46.3 Å². The summed E-state index contributed by atoms with van der Waals surface area (Å²) in [5.74, 6) is 2.12. The first kappa shape index (κ1) is 34.7. The molecule has 2 aliphatic rings. The lowest BCUT2D eigenvalue weighted by Gasteiger charge is -2.25. The van der Waals surface area contributed by atoms with Gasteiger partial charge >= 0.3 is 0 Å². The van der Waals surface area contributed by atoms with Gasteiger partial charge in [-0.3, -0.25) is 0 Å². The van der Waals surface area contributed by atoms with Gasteiger partial charge in [-0.1, -0.05) is 35.7 Å². The maximum absolute atomic E-state index is 9.96. The first-order chi connectivity index (χ1) is 22.3. The van der Waals surface area contributed by atoms with Crippen LogP contribution >= 0.6 is 23.2 Å². The summed E-state index contributed by atoms with van der Waals surface area (Å²) < 4.78 is 42.0. The van der Waals surface area contributed by atoms with E-state index in [0.29, 0.717) is 81.2 Å². The summed E-state index contributed by atoms with van der Waals surface area (Å²) in [6, 6.07) is 7.61. The molecule has 46 heavy (non-hydrogen) atoms. The zero-order valence-electron chi connectivity index (χ0n) is 25.8. The molecular formula is C31H39Cl2N5O8. The van der Waals surface area contributed by atoms with Crippen molar-refractivity contribution in [2.24, 2.45) is 0 Å². The second-order valence-corrected chi connectivity index (χ2v) is 11.8. The third-order valence-electron chi connectivity index (χ3n) is 7.38. The van der Waals surface area contributed by atoms with Crippen LogP contribution in [0.25, 0.3) is 11.0 Å². The van der Waals surface area contributed by atoms with Gasteiger partial charge in [-0.2, -0.15) is 15.1 Å². The molecule has 2 aliphatic heterocycles. The highest BCUT2D eigenvalue weighted by Gasteiger charge is 2.56. The van der Waals surface area contributed by atoms with Gasteiger partial charge in [0, 0.05) is 18.1 Å². The predicted molar refractivity (Wildman–Crippen MR) is 170 cm³/mol. The number of nitrogens with zero attached hydrogens (tertiary/aromatic N) is 5. The van der Waals surface area contributed by atoms with Crippen molar-refractivity contribution < 1.29 is 38.3 Å². The van der Waals surface area contributed by atoms with E-state index in [1.807, 2.05) is 43.0 Å². The Morgan fingerprint density at radius 2 is 1.65 bits per heavy atom. The molecule has 1 aromatic carbocycles. The van der Waals surface area contributed by atoms with Crippen LogP contribution in [-0.2, 0) is 39.7 Å². The summed E-state index contributed by atoms with van der Waals surface area (Å²) in [6.07, 6.45) is 4.54. The standard InChI is InChI=1S/C31H39Cl2N5O8/c1-4-10-40-12-14-42-16-17-43-15-13-41-11-9-37(19-21-7-5-6-8-23(21)32)27-22-18-34-38(28(22)36-30(33)35-27)29-26-25(24(20-39)44-29)45-31(2,3)46-26/h1,5-8,18,24-26,29,39H,9-17,19-20H2,2-3H3/t24?,25-,26-,29-/m1/s1. The van der Waals surface area contributed by atoms with E-state index in [1.165, 1.54) is 0 Å². The number of halogens is 2. The lowest BCUT2D eigenvalue weighted by molar-refractivity contribution is -0.201. The molecule has 1 unspecified atom stereocenters. The Morgan fingerprint density at radius 1 is 0.978 bits per heavy atom. The highest BCUT2D eigenvalue weighted by atomic mass is 35.5. The second kappa shape index (κ2) is 16.5. The molecular weight excluding hydrogens is 641 g/mol. The molecule has 0 radical (unpaired) electrons. The molecule has 250 valence electrons. The van der Waals surface area contributed by atoms with Crippen LogP contribution < -0.4 is 4.90 Å². The summed E-state index contributed by atoms with van der Waals surface area (Å²) in [6.45, 7) is 7.58. The topological polar surface area (TPSA) is 132 Å². The number of anilines is 1. The highest BCUT2D eigenvalue weighted by Crippen LogP contribution is 2.44. The number of hydrogen-bond acceptors (Lipinski definition) is 12. The minimum atomic E-state index is -0.839. The molecule has 0 bridgehead atoms. The molecule has 0 aliphatic carbocycles. The van der Waals surface area contributed by atoms with Gasteiger partial charge in [-0.15, -0.1) is 6.42 Å². The quantitative estimate of drug-likeness (QED) is 0.120. The molecule has 5 rings (SSSR count). The number of terminal acetylenes is 1. The average Bonchev–Trinajstić information content (AvgIpc) is 3.69. The van der Waals surface area contributed by atoms with E-state index < -0.39 is 30.3 Å². The smallest absolute Gasteiger partial charge is 0.226 e. The minimum absolute atomic E-state index is 0.0322. The third-order valence-corrected chi connectivity index (χ3v) is 7.92. The van der Waals surface area contributed by atoms with Gasteiger partial charge in [0.05, 0.1) is 64.4 Å². The van der Waals surface area contributed by atoms with Gasteiger partial charge < -0.3 is 43.2 Å². The van der Waals surface area contributed by atoms with Crippen molar-refractivity contribution in [1.29, 1.82) is 0 Å². The van der Waals surface area contributed by atoms with E-state index in [4.69, 9.17) is 62.8 Å². The highest BCUT2D eigenvalue weighted by molar-refractivity contribution is 6.31. The van der Waals surface area contributed by atoms with E-state index in [1.54, 1.807) is 10.9 Å². The molecule has 3 aromatic rings. The van der Waals surface area contributed by atoms with E-state index in [-0.39, 0.29) is 18.5 Å². The number of benzene rings is 1. The summed E-state index contributed by atoms with van der Waals surface area (Å²) >= 11 is 13.1. The van der Waals surface area contributed by atoms with Crippen molar-refractivity contribution in [1.82, 2.24) is 19.7 Å². The van der Waals surface area contributed by atoms with Crippen LogP contribution in [0.5, 0.6) is 0 Å². The fourth-order valence-electron chi connectivity index (χ4n) is 5.37. The maximum atomic E-state index is 9.96. The molecule has 0 saturated carbocycles. The molecule has 4 atom stereocenters. The van der Waals surface area contributed by atoms with Crippen molar-refractivity contribution in [2.45, 2.75) is 50.7 Å². The van der Waals surface area contributed by atoms with Crippen LogP contribution in [0.4, 0.5) is 5.82 Å². The molecule has 0 amide bonds. The van der Waals surface area contributed by atoms with Crippen LogP contribution in [0.1, 0.15) is 25.6 Å². The Kier molecular flexibility index (Phi) is 12.4. The van der Waals surface area contributed by atoms with Crippen molar-refractivity contribution in [2.75, 3.05) is 70.9 Å². The van der Waals surface area contributed by atoms with Crippen LogP contribution in [0.2, 0.25) is 10.3 Å². The molecule has 15 heteroatoms. The fraction of sp³-hybridized carbons (Fsp3) is 0.581. The number of hydrogen-bond donors (Lipinski definition) is 1. The normalized spacial score (nSPS) is 21.9. The van der Waals surface area contributed by atoms with Gasteiger partial charge in [0.2, 0.25) is 5.28 Å². The SMILES string of the molecule is C#CCOCCOCCOCCOCCN(Cc1ccccc1Cl)c1nc(Cl)nc2c1cnn2[C@@H]1OC(CO)[C@H]2OC(C)(C)O[C@H]21. The van der Waals surface area contributed by atoms with Crippen LogP contribution in [0, 0.1) is 12.3 Å². The summed E-state index contributed by atoms with van der Waals surface area (Å²) in [4.78, 5) is 11.1. The van der Waals surface area contributed by atoms with Crippen molar-refractivity contribution in [3.63, 3.8) is 0 Å². The van der Waals surface area contributed by atoms with E-state index in [9.17, 15) is 5.11 Å². The summed E-state index contributed by atoms with van der Waals surface area (Å²) in [5.41, 5.74) is 1.35. The second-order valence-electron chi connectivity index (χ2n) is 11.1. The molecule has 2 saturated heterocycles. The van der Waals surface area contributed by atoms with E-state index in [0.717, 1.165) is 5.56 Å². The molecule has 1 N–H and O–H groups in total. The average molecular weight is 681 g/mol. The van der Waals surface area contributed by atoms with Crippen LogP contribution in [0.3, 0.4) is 0 Å². The largest absolute Gasteiger partial charge is 0.394 e. The molecule has 0 spiro atoms.